The number of benzene rings is 3. The molecule has 0 bridgehead atoms. The fraction of sp³-hybridized carbons (Fsp3) is 0.242. The van der Waals surface area contributed by atoms with Crippen molar-refractivity contribution in [1.29, 1.82) is 5.41 Å². The molecule has 0 radical (unpaired) electrons. The molecule has 2 atom stereocenters. The van der Waals surface area contributed by atoms with Crippen molar-refractivity contribution in [3.8, 4) is 0 Å². The number of para-hydroxylation sites is 1. The van der Waals surface area contributed by atoms with Crippen molar-refractivity contribution in [2.45, 2.75) is 44.5 Å². The second kappa shape index (κ2) is 16.3. The first-order chi connectivity index (χ1) is 21.8. The van der Waals surface area contributed by atoms with Crippen molar-refractivity contribution < 1.29 is 23.5 Å². The molecule has 1 heterocycles. The standard InChI is InChI=1S/C33H36N6O6/c34-32(35)36-17-9-15-26(29(40)37-20-25-19-24-14-7-8-16-28(24)45-31(25)42)38-30(41)27(18-22-10-3-1-4-11-22)39-33(43)44-21-23-12-5-2-6-13-23/h1-8,10-14,16,19,26-27H,9,15,17-18,20-21H2,(H,37,40)(H,38,41)(H,39,43)(H4,34,35,36). The van der Waals surface area contributed by atoms with Crippen LogP contribution in [0.15, 0.2) is 100 Å². The molecule has 0 spiro atoms. The second-order valence-electron chi connectivity index (χ2n) is 10.3. The molecule has 4 aromatic rings. The van der Waals surface area contributed by atoms with Crippen LogP contribution in [-0.2, 0) is 33.9 Å². The molecular weight excluding hydrogens is 576 g/mol. The Kier molecular flexibility index (Phi) is 11.7. The maximum atomic E-state index is 13.6. The summed E-state index contributed by atoms with van der Waals surface area (Å²) in [6, 6.07) is 24.8. The van der Waals surface area contributed by atoms with Crippen LogP contribution >= 0.6 is 0 Å². The van der Waals surface area contributed by atoms with Gasteiger partial charge in [0.15, 0.2) is 5.96 Å². The summed E-state index contributed by atoms with van der Waals surface area (Å²) in [6.45, 7) is 0.186. The van der Waals surface area contributed by atoms with E-state index >= 15 is 0 Å². The molecule has 1 aromatic heterocycles. The summed E-state index contributed by atoms with van der Waals surface area (Å²) in [7, 11) is 0. The van der Waals surface area contributed by atoms with Crippen LogP contribution in [0.2, 0.25) is 0 Å². The summed E-state index contributed by atoms with van der Waals surface area (Å²) in [5, 5.41) is 18.8. The van der Waals surface area contributed by atoms with Gasteiger partial charge in [-0.05, 0) is 36.1 Å². The summed E-state index contributed by atoms with van der Waals surface area (Å²) in [5.41, 5.74) is 7.04. The highest BCUT2D eigenvalue weighted by Gasteiger charge is 2.27. The summed E-state index contributed by atoms with van der Waals surface area (Å²) in [4.78, 5) is 52.2. The SMILES string of the molecule is N=C(N)NCCCC(NC(=O)C(Cc1ccccc1)NC(=O)OCc1ccccc1)C(=O)NCc1cc2ccccc2oc1=O. The van der Waals surface area contributed by atoms with Crippen molar-refractivity contribution >= 4 is 34.8 Å². The Balaban J connectivity index is 1.46. The molecule has 0 saturated carbocycles. The van der Waals surface area contributed by atoms with Crippen molar-refractivity contribution in [2.24, 2.45) is 5.73 Å². The Morgan fingerprint density at radius 2 is 1.49 bits per heavy atom. The highest BCUT2D eigenvalue weighted by Crippen LogP contribution is 2.13. The first-order valence-electron chi connectivity index (χ1n) is 14.5. The topological polar surface area (TPSA) is 189 Å². The number of hydrogen-bond acceptors (Lipinski definition) is 7. The fourth-order valence-electron chi connectivity index (χ4n) is 4.57. The van der Waals surface area contributed by atoms with Crippen molar-refractivity contribution in [2.75, 3.05) is 6.54 Å². The van der Waals surface area contributed by atoms with Gasteiger partial charge in [-0.1, -0.05) is 78.9 Å². The number of rotatable bonds is 14. The van der Waals surface area contributed by atoms with Crippen LogP contribution in [0.1, 0.15) is 29.5 Å². The number of fused-ring (bicyclic) bond motifs is 1. The third-order valence-corrected chi connectivity index (χ3v) is 6.89. The van der Waals surface area contributed by atoms with Gasteiger partial charge in [0.25, 0.3) is 0 Å². The number of hydrogen-bond donors (Lipinski definition) is 6. The van der Waals surface area contributed by atoms with Crippen molar-refractivity contribution in [3.63, 3.8) is 0 Å². The van der Waals surface area contributed by atoms with Gasteiger partial charge in [-0.3, -0.25) is 15.0 Å². The molecule has 12 nitrogen and oxygen atoms in total. The number of nitrogens with one attached hydrogen (secondary N) is 5. The van der Waals surface area contributed by atoms with Crippen molar-refractivity contribution in [3.05, 3.63) is 118 Å². The van der Waals surface area contributed by atoms with Crippen LogP contribution in [0.5, 0.6) is 0 Å². The molecule has 0 aliphatic heterocycles. The monoisotopic (exact) mass is 612 g/mol. The Morgan fingerprint density at radius 1 is 0.822 bits per heavy atom. The minimum atomic E-state index is -1.06. The quantitative estimate of drug-likeness (QED) is 0.0542. The Hall–Kier alpha value is -5.65. The molecule has 3 amide bonds. The second-order valence-corrected chi connectivity index (χ2v) is 10.3. The van der Waals surface area contributed by atoms with E-state index in [1.165, 1.54) is 0 Å². The molecule has 234 valence electrons. The number of carbonyl (C=O) groups excluding carboxylic acids is 3. The maximum Gasteiger partial charge on any atom is 0.408 e. The third kappa shape index (κ3) is 10.2. The van der Waals surface area contributed by atoms with Crippen LogP contribution in [0.25, 0.3) is 11.0 Å². The van der Waals surface area contributed by atoms with E-state index in [4.69, 9.17) is 20.3 Å². The minimum absolute atomic E-state index is 0.0172. The third-order valence-electron chi connectivity index (χ3n) is 6.89. The van der Waals surface area contributed by atoms with E-state index < -0.39 is 35.6 Å². The van der Waals surface area contributed by atoms with Gasteiger partial charge in [-0.2, -0.15) is 0 Å². The predicted octanol–water partition coefficient (Wildman–Crippen LogP) is 2.69. The van der Waals surface area contributed by atoms with Gasteiger partial charge >= 0.3 is 11.7 Å². The van der Waals surface area contributed by atoms with E-state index in [0.717, 1.165) is 11.1 Å². The highest BCUT2D eigenvalue weighted by molar-refractivity contribution is 5.91. The van der Waals surface area contributed by atoms with Gasteiger partial charge < -0.3 is 36.2 Å². The van der Waals surface area contributed by atoms with Gasteiger partial charge in [-0.15, -0.1) is 0 Å². The van der Waals surface area contributed by atoms with E-state index in [0.29, 0.717) is 23.9 Å². The molecule has 4 rings (SSSR count). The van der Waals surface area contributed by atoms with E-state index in [1.807, 2.05) is 66.7 Å². The zero-order valence-electron chi connectivity index (χ0n) is 24.6. The Bertz CT molecular complexity index is 1660. The average Bonchev–Trinajstić information content (AvgIpc) is 3.04. The van der Waals surface area contributed by atoms with Crippen LogP contribution in [0.3, 0.4) is 0 Å². The molecule has 12 heteroatoms. The summed E-state index contributed by atoms with van der Waals surface area (Å²) >= 11 is 0. The number of guanidine groups is 1. The summed E-state index contributed by atoms with van der Waals surface area (Å²) in [5.74, 6) is -1.35. The van der Waals surface area contributed by atoms with Crippen molar-refractivity contribution in [1.82, 2.24) is 21.3 Å². The molecule has 45 heavy (non-hydrogen) atoms. The van der Waals surface area contributed by atoms with Crippen LogP contribution < -0.4 is 32.6 Å². The highest BCUT2D eigenvalue weighted by atomic mass is 16.5. The van der Waals surface area contributed by atoms with Gasteiger partial charge in [0, 0.05) is 18.4 Å². The predicted molar refractivity (Wildman–Crippen MR) is 169 cm³/mol. The minimum Gasteiger partial charge on any atom is -0.445 e. The van der Waals surface area contributed by atoms with E-state index in [-0.39, 0.29) is 37.5 Å². The molecule has 2 unspecified atom stereocenters. The number of carbonyl (C=O) groups is 3. The zero-order valence-corrected chi connectivity index (χ0v) is 24.6. The zero-order chi connectivity index (χ0) is 32.0. The Labute approximate surface area is 259 Å². The lowest BCUT2D eigenvalue weighted by atomic mass is 10.0. The largest absolute Gasteiger partial charge is 0.445 e. The number of amides is 3. The van der Waals surface area contributed by atoms with Gasteiger partial charge in [0.2, 0.25) is 11.8 Å². The number of nitrogens with two attached hydrogens (primary N) is 1. The molecule has 0 aliphatic rings. The summed E-state index contributed by atoms with van der Waals surface area (Å²) < 4.78 is 10.7. The van der Waals surface area contributed by atoms with Crippen LogP contribution in [0.4, 0.5) is 4.79 Å². The van der Waals surface area contributed by atoms with Gasteiger partial charge in [-0.25, -0.2) is 9.59 Å². The molecular formula is C33H36N6O6. The van der Waals surface area contributed by atoms with E-state index in [9.17, 15) is 19.2 Å². The average molecular weight is 613 g/mol. The molecule has 0 fully saturated rings. The molecule has 7 N–H and O–H groups in total. The van der Waals surface area contributed by atoms with E-state index in [1.54, 1.807) is 24.3 Å². The molecule has 3 aromatic carbocycles. The fourth-order valence-corrected chi connectivity index (χ4v) is 4.57. The lowest BCUT2D eigenvalue weighted by Crippen LogP contribution is -2.54. The molecule has 0 aliphatic carbocycles. The van der Waals surface area contributed by atoms with E-state index in [2.05, 4.69) is 21.3 Å². The first-order valence-corrected chi connectivity index (χ1v) is 14.5. The number of ether oxygens (including phenoxy) is 1. The van der Waals surface area contributed by atoms with Crippen LogP contribution in [0, 0.1) is 5.41 Å². The first kappa shape index (κ1) is 32.3. The van der Waals surface area contributed by atoms with Gasteiger partial charge in [0.1, 0.15) is 24.3 Å². The number of alkyl carbamates (subject to hydrolysis) is 1. The maximum absolute atomic E-state index is 13.6. The summed E-state index contributed by atoms with van der Waals surface area (Å²) in [6.07, 6.45) is -0.0809. The lowest BCUT2D eigenvalue weighted by molar-refractivity contribution is -0.130. The lowest BCUT2D eigenvalue weighted by Gasteiger charge is -2.23. The van der Waals surface area contributed by atoms with Crippen LogP contribution in [-0.4, -0.2) is 42.5 Å². The molecule has 0 saturated heterocycles. The normalized spacial score (nSPS) is 12.0. The Morgan fingerprint density at radius 3 is 2.20 bits per heavy atom. The smallest absolute Gasteiger partial charge is 0.408 e. The van der Waals surface area contributed by atoms with Gasteiger partial charge in [0.05, 0.1) is 12.1 Å².